The molecule has 28 heavy (non-hydrogen) atoms. The van der Waals surface area contributed by atoms with Crippen LogP contribution in [0.4, 0.5) is 5.69 Å². The maximum atomic E-state index is 13.3. The lowest BCUT2D eigenvalue weighted by molar-refractivity contribution is -0.120. The molecule has 1 saturated carbocycles. The molecule has 0 radical (unpaired) electrons. The molecule has 2 aromatic rings. The van der Waals surface area contributed by atoms with Crippen molar-refractivity contribution in [2.24, 2.45) is 5.92 Å². The fourth-order valence-corrected chi connectivity index (χ4v) is 6.10. The number of anilines is 1. The molecule has 0 spiro atoms. The summed E-state index contributed by atoms with van der Waals surface area (Å²) in [7, 11) is -2.40. The van der Waals surface area contributed by atoms with Crippen LogP contribution in [0.25, 0.3) is 0 Å². The van der Waals surface area contributed by atoms with E-state index in [1.54, 1.807) is 41.8 Å². The average molecular weight is 423 g/mol. The summed E-state index contributed by atoms with van der Waals surface area (Å²) in [4.78, 5) is 12.8. The Morgan fingerprint density at radius 1 is 1.21 bits per heavy atom. The molecule has 1 aromatic heterocycles. The summed E-state index contributed by atoms with van der Waals surface area (Å²) in [5, 5.41) is 4.75. The van der Waals surface area contributed by atoms with Crippen molar-refractivity contribution in [2.45, 2.75) is 42.9 Å². The van der Waals surface area contributed by atoms with Crippen LogP contribution in [-0.2, 0) is 14.8 Å². The van der Waals surface area contributed by atoms with Gasteiger partial charge in [0.2, 0.25) is 5.91 Å². The van der Waals surface area contributed by atoms with Gasteiger partial charge in [-0.25, -0.2) is 8.42 Å². The maximum Gasteiger partial charge on any atom is 0.274 e. The molecule has 1 aromatic carbocycles. The Morgan fingerprint density at radius 3 is 2.64 bits per heavy atom. The first-order valence-electron chi connectivity index (χ1n) is 9.42. The van der Waals surface area contributed by atoms with E-state index in [9.17, 15) is 13.2 Å². The Bertz CT molecular complexity index is 897. The highest BCUT2D eigenvalue weighted by atomic mass is 32.2. The van der Waals surface area contributed by atoms with Gasteiger partial charge in [0.25, 0.3) is 10.0 Å². The normalized spacial score (nSPS) is 19.8. The van der Waals surface area contributed by atoms with Gasteiger partial charge in [-0.2, -0.15) is 0 Å². The third-order valence-electron chi connectivity index (χ3n) is 5.14. The predicted molar refractivity (Wildman–Crippen MR) is 111 cm³/mol. The van der Waals surface area contributed by atoms with Crippen molar-refractivity contribution in [1.29, 1.82) is 0 Å². The number of hydrogen-bond donors (Lipinski definition) is 1. The highest BCUT2D eigenvalue weighted by Crippen LogP contribution is 2.33. The van der Waals surface area contributed by atoms with Crippen LogP contribution in [0.3, 0.4) is 0 Å². The van der Waals surface area contributed by atoms with Gasteiger partial charge >= 0.3 is 0 Å². The Balaban J connectivity index is 1.89. The monoisotopic (exact) mass is 422 g/mol. The lowest BCUT2D eigenvalue weighted by atomic mass is 9.86. The minimum Gasteiger partial charge on any atom is -0.495 e. The highest BCUT2D eigenvalue weighted by molar-refractivity contribution is 7.94. The van der Waals surface area contributed by atoms with E-state index in [0.29, 0.717) is 17.4 Å². The second-order valence-corrected chi connectivity index (χ2v) is 10.1. The Morgan fingerprint density at radius 2 is 1.96 bits per heavy atom. The first-order valence-corrected chi connectivity index (χ1v) is 11.7. The zero-order valence-corrected chi connectivity index (χ0v) is 17.8. The highest BCUT2D eigenvalue weighted by Gasteiger charge is 2.31. The first-order chi connectivity index (χ1) is 13.4. The Hall–Kier alpha value is -2.06. The van der Waals surface area contributed by atoms with E-state index in [0.717, 1.165) is 34.9 Å². The summed E-state index contributed by atoms with van der Waals surface area (Å²) in [6, 6.07) is 10.2. The second-order valence-electron chi connectivity index (χ2n) is 7.05. The molecule has 2 atom stereocenters. The second kappa shape index (κ2) is 8.96. The minimum absolute atomic E-state index is 0.0882. The number of para-hydroxylation sites is 2. The van der Waals surface area contributed by atoms with Gasteiger partial charge in [-0.3, -0.25) is 9.10 Å². The van der Waals surface area contributed by atoms with Gasteiger partial charge in [-0.1, -0.05) is 38.0 Å². The van der Waals surface area contributed by atoms with Gasteiger partial charge in [0.1, 0.15) is 16.5 Å². The molecule has 1 aliphatic carbocycles. The summed E-state index contributed by atoms with van der Waals surface area (Å²) in [5.74, 6) is 0.498. The number of benzene rings is 1. The topological polar surface area (TPSA) is 75.7 Å². The van der Waals surface area contributed by atoms with E-state index < -0.39 is 10.0 Å². The lowest BCUT2D eigenvalue weighted by Crippen LogP contribution is -2.47. The number of nitrogens with one attached hydrogen (secondary N) is 1. The van der Waals surface area contributed by atoms with Crippen LogP contribution in [0.5, 0.6) is 5.75 Å². The molecular weight excluding hydrogens is 396 g/mol. The lowest BCUT2D eigenvalue weighted by Gasteiger charge is -2.31. The number of amides is 1. The molecule has 6 nitrogen and oxygen atoms in total. The van der Waals surface area contributed by atoms with E-state index in [1.165, 1.54) is 13.5 Å². The number of carbonyl (C=O) groups is 1. The number of thiophene rings is 1. The van der Waals surface area contributed by atoms with Gasteiger partial charge < -0.3 is 10.1 Å². The van der Waals surface area contributed by atoms with Crippen molar-refractivity contribution in [3.63, 3.8) is 0 Å². The quantitative estimate of drug-likeness (QED) is 0.739. The molecule has 0 saturated heterocycles. The van der Waals surface area contributed by atoms with E-state index >= 15 is 0 Å². The molecule has 1 fully saturated rings. The summed E-state index contributed by atoms with van der Waals surface area (Å²) in [6.07, 6.45) is 4.26. The van der Waals surface area contributed by atoms with Crippen LogP contribution in [0, 0.1) is 5.92 Å². The predicted octanol–water partition coefficient (Wildman–Crippen LogP) is 3.65. The van der Waals surface area contributed by atoms with E-state index in [-0.39, 0.29) is 22.7 Å². The molecule has 2 unspecified atom stereocenters. The number of sulfonamides is 1. The van der Waals surface area contributed by atoms with Gasteiger partial charge in [0.05, 0.1) is 12.8 Å². The molecule has 152 valence electrons. The Labute approximate surface area is 170 Å². The van der Waals surface area contributed by atoms with Crippen LogP contribution in [-0.4, -0.2) is 34.0 Å². The van der Waals surface area contributed by atoms with E-state index in [2.05, 4.69) is 12.2 Å². The van der Waals surface area contributed by atoms with Crippen LogP contribution < -0.4 is 14.4 Å². The molecular formula is C20H26N2O4S2. The smallest absolute Gasteiger partial charge is 0.274 e. The number of nitrogens with zero attached hydrogens (tertiary/aromatic N) is 1. The third kappa shape index (κ3) is 4.50. The molecule has 1 heterocycles. The van der Waals surface area contributed by atoms with Crippen molar-refractivity contribution in [3.05, 3.63) is 41.8 Å². The van der Waals surface area contributed by atoms with Crippen molar-refractivity contribution in [1.82, 2.24) is 5.32 Å². The van der Waals surface area contributed by atoms with Crippen LogP contribution in [0.1, 0.15) is 32.6 Å². The van der Waals surface area contributed by atoms with Gasteiger partial charge in [-0.05, 0) is 42.3 Å². The number of methoxy groups -OCH3 is 1. The van der Waals surface area contributed by atoms with Crippen LogP contribution in [0.15, 0.2) is 46.0 Å². The largest absolute Gasteiger partial charge is 0.495 e. The Kier molecular flexibility index (Phi) is 6.61. The zero-order chi connectivity index (χ0) is 20.1. The van der Waals surface area contributed by atoms with Gasteiger partial charge in [-0.15, -0.1) is 11.3 Å². The molecule has 1 amide bonds. The van der Waals surface area contributed by atoms with Crippen molar-refractivity contribution in [2.75, 3.05) is 18.0 Å². The fraction of sp³-hybridized carbons (Fsp3) is 0.450. The van der Waals surface area contributed by atoms with Crippen molar-refractivity contribution < 1.29 is 17.9 Å². The van der Waals surface area contributed by atoms with Crippen molar-refractivity contribution >= 4 is 33.0 Å². The molecule has 8 heteroatoms. The minimum atomic E-state index is -3.88. The molecule has 1 N–H and O–H groups in total. The molecule has 3 rings (SSSR count). The first kappa shape index (κ1) is 20.7. The number of carbonyl (C=O) groups excluding carboxylic acids is 1. The standard InChI is InChI=1S/C20H26N2O4S2/c1-15-8-3-4-9-16(15)21-19(23)14-22(17-10-5-6-11-18(17)26-2)28(24,25)20-12-7-13-27-20/h5-7,10-13,15-16H,3-4,8-9,14H2,1-2H3,(H,21,23). The number of rotatable bonds is 7. The average Bonchev–Trinajstić information content (AvgIpc) is 3.23. The third-order valence-corrected chi connectivity index (χ3v) is 8.27. The van der Waals surface area contributed by atoms with Gasteiger partial charge in [0, 0.05) is 6.04 Å². The summed E-state index contributed by atoms with van der Waals surface area (Å²) in [6.45, 7) is 1.84. The molecule has 0 bridgehead atoms. The number of ether oxygens (including phenoxy) is 1. The number of hydrogen-bond acceptors (Lipinski definition) is 5. The zero-order valence-electron chi connectivity index (χ0n) is 16.1. The van der Waals surface area contributed by atoms with Gasteiger partial charge in [0.15, 0.2) is 0 Å². The van der Waals surface area contributed by atoms with E-state index in [1.807, 2.05) is 0 Å². The van der Waals surface area contributed by atoms with Crippen LogP contribution in [0.2, 0.25) is 0 Å². The summed E-state index contributed by atoms with van der Waals surface area (Å²) < 4.78 is 33.2. The van der Waals surface area contributed by atoms with E-state index in [4.69, 9.17) is 4.74 Å². The molecule has 1 aliphatic rings. The SMILES string of the molecule is COc1ccccc1N(CC(=O)NC1CCCCC1C)S(=O)(=O)c1cccs1. The summed E-state index contributed by atoms with van der Waals surface area (Å²) in [5.41, 5.74) is 0.352. The maximum absolute atomic E-state index is 13.3. The van der Waals surface area contributed by atoms with Crippen LogP contribution >= 0.6 is 11.3 Å². The fourth-order valence-electron chi connectivity index (χ4n) is 3.57. The van der Waals surface area contributed by atoms with Crippen molar-refractivity contribution in [3.8, 4) is 5.75 Å². The summed E-state index contributed by atoms with van der Waals surface area (Å²) >= 11 is 1.13. The molecule has 0 aliphatic heterocycles.